The predicted molar refractivity (Wildman–Crippen MR) is 57.5 cm³/mol. The second-order valence-electron chi connectivity index (χ2n) is 3.22. The molecule has 0 bridgehead atoms. The van der Waals surface area contributed by atoms with Gasteiger partial charge in [-0.1, -0.05) is 18.2 Å². The molecule has 2 rings (SSSR count). The lowest BCUT2D eigenvalue weighted by Crippen LogP contribution is -2.30. The summed E-state index contributed by atoms with van der Waals surface area (Å²) in [6, 6.07) is 7.17. The Hall–Kier alpha value is -1.97. The van der Waals surface area contributed by atoms with Gasteiger partial charge < -0.3 is 11.6 Å². The van der Waals surface area contributed by atoms with E-state index >= 15 is 0 Å². The Bertz CT molecular complexity index is 557. The molecule has 0 atom stereocenters. The van der Waals surface area contributed by atoms with Crippen LogP contribution < -0.4 is 17.1 Å². The van der Waals surface area contributed by atoms with E-state index in [2.05, 4.69) is 0 Å². The van der Waals surface area contributed by atoms with Gasteiger partial charge in [0, 0.05) is 5.39 Å². The van der Waals surface area contributed by atoms with Gasteiger partial charge >= 0.3 is 0 Å². The molecule has 1 heterocycles. The fraction of sp³-hybridized carbons (Fsp3) is 0.100. The van der Waals surface area contributed by atoms with Gasteiger partial charge in [-0.25, -0.2) is 4.68 Å². The van der Waals surface area contributed by atoms with Gasteiger partial charge in [0.25, 0.3) is 5.56 Å². The highest BCUT2D eigenvalue weighted by molar-refractivity contribution is 5.93. The largest absolute Gasteiger partial charge is 0.397 e. The average Bonchev–Trinajstić information content (AvgIpc) is 2.23. The van der Waals surface area contributed by atoms with Crippen LogP contribution in [-0.2, 0) is 0 Å². The summed E-state index contributed by atoms with van der Waals surface area (Å²) in [6.07, 6.45) is 0. The van der Waals surface area contributed by atoms with Gasteiger partial charge in [-0.2, -0.15) is 0 Å². The van der Waals surface area contributed by atoms with E-state index in [-0.39, 0.29) is 5.56 Å². The number of nitrogens with zero attached hydrogens (tertiary/aromatic N) is 1. The number of hydrogen-bond donors (Lipinski definition) is 2. The smallest absolute Gasteiger partial charge is 0.276 e. The molecule has 0 aliphatic heterocycles. The van der Waals surface area contributed by atoms with Crippen LogP contribution in [0.4, 0.5) is 5.69 Å². The van der Waals surface area contributed by atoms with Gasteiger partial charge in [0.2, 0.25) is 0 Å². The molecular formula is C10H11N3O. The van der Waals surface area contributed by atoms with Crippen molar-refractivity contribution in [2.24, 2.45) is 0 Å². The Morgan fingerprint density at radius 3 is 2.43 bits per heavy atom. The Labute approximate surface area is 80.7 Å². The van der Waals surface area contributed by atoms with Gasteiger partial charge in [-0.3, -0.25) is 4.79 Å². The standard InChI is InChI=1S/C10H11N3O/c1-6-9(11)7-4-2-3-5-8(7)10(14)13(6)12/h2-5H,11-12H2,1H3. The number of anilines is 1. The first-order valence-corrected chi connectivity index (χ1v) is 4.28. The zero-order valence-electron chi connectivity index (χ0n) is 7.82. The second kappa shape index (κ2) is 2.77. The summed E-state index contributed by atoms with van der Waals surface area (Å²) in [7, 11) is 0. The van der Waals surface area contributed by atoms with Crippen molar-refractivity contribution in [2.75, 3.05) is 11.6 Å². The maximum absolute atomic E-state index is 11.7. The third-order valence-corrected chi connectivity index (χ3v) is 2.42. The molecule has 0 fully saturated rings. The number of aromatic nitrogens is 1. The molecule has 14 heavy (non-hydrogen) atoms. The van der Waals surface area contributed by atoms with E-state index in [4.69, 9.17) is 11.6 Å². The van der Waals surface area contributed by atoms with Crippen molar-refractivity contribution in [1.29, 1.82) is 0 Å². The second-order valence-corrected chi connectivity index (χ2v) is 3.22. The van der Waals surface area contributed by atoms with Crippen molar-refractivity contribution in [3.8, 4) is 0 Å². The van der Waals surface area contributed by atoms with E-state index in [1.54, 1.807) is 19.1 Å². The molecule has 0 amide bonds. The predicted octanol–water partition coefficient (Wildman–Crippen LogP) is 0.606. The zero-order chi connectivity index (χ0) is 10.3. The van der Waals surface area contributed by atoms with Gasteiger partial charge in [-0.15, -0.1) is 0 Å². The first kappa shape index (κ1) is 8.62. The minimum absolute atomic E-state index is 0.215. The lowest BCUT2D eigenvalue weighted by Gasteiger charge is -2.09. The molecule has 2 aromatic rings. The van der Waals surface area contributed by atoms with Crippen LogP contribution in [0.5, 0.6) is 0 Å². The average molecular weight is 189 g/mol. The topological polar surface area (TPSA) is 74.0 Å². The third kappa shape index (κ3) is 0.970. The molecule has 72 valence electrons. The van der Waals surface area contributed by atoms with Gasteiger partial charge in [0.1, 0.15) is 0 Å². The lowest BCUT2D eigenvalue weighted by molar-refractivity contribution is 0.904. The molecule has 0 radical (unpaired) electrons. The third-order valence-electron chi connectivity index (χ3n) is 2.42. The van der Waals surface area contributed by atoms with E-state index in [0.717, 1.165) is 10.1 Å². The molecule has 4 N–H and O–H groups in total. The van der Waals surface area contributed by atoms with Gasteiger partial charge in [-0.05, 0) is 13.0 Å². The minimum atomic E-state index is -0.215. The fourth-order valence-electron chi connectivity index (χ4n) is 1.51. The van der Waals surface area contributed by atoms with Crippen LogP contribution in [0.2, 0.25) is 0 Å². The molecule has 0 saturated carbocycles. The van der Waals surface area contributed by atoms with Crippen LogP contribution in [0.15, 0.2) is 29.1 Å². The summed E-state index contributed by atoms with van der Waals surface area (Å²) in [5, 5.41) is 1.31. The van der Waals surface area contributed by atoms with Crippen LogP contribution in [0.25, 0.3) is 10.8 Å². The number of hydrogen-bond acceptors (Lipinski definition) is 3. The van der Waals surface area contributed by atoms with Crippen molar-refractivity contribution in [3.63, 3.8) is 0 Å². The summed E-state index contributed by atoms with van der Waals surface area (Å²) in [5.41, 5.74) is 6.78. The van der Waals surface area contributed by atoms with E-state index in [1.807, 2.05) is 12.1 Å². The van der Waals surface area contributed by atoms with Crippen molar-refractivity contribution < 1.29 is 0 Å². The van der Waals surface area contributed by atoms with Crippen molar-refractivity contribution in [2.45, 2.75) is 6.92 Å². The van der Waals surface area contributed by atoms with Crippen LogP contribution in [0.1, 0.15) is 5.69 Å². The molecule has 0 saturated heterocycles. The van der Waals surface area contributed by atoms with Crippen LogP contribution in [-0.4, -0.2) is 4.68 Å². The number of rotatable bonds is 0. The molecule has 4 heteroatoms. The highest BCUT2D eigenvalue weighted by Crippen LogP contribution is 2.19. The molecule has 0 aliphatic carbocycles. The minimum Gasteiger partial charge on any atom is -0.397 e. The Kier molecular flexibility index (Phi) is 1.70. The highest BCUT2D eigenvalue weighted by atomic mass is 16.1. The van der Waals surface area contributed by atoms with Gasteiger partial charge in [0.05, 0.1) is 16.8 Å². The fourth-order valence-corrected chi connectivity index (χ4v) is 1.51. The lowest BCUT2D eigenvalue weighted by atomic mass is 10.1. The van der Waals surface area contributed by atoms with Crippen LogP contribution in [0, 0.1) is 6.92 Å². The van der Waals surface area contributed by atoms with Crippen molar-refractivity contribution in [1.82, 2.24) is 4.68 Å². The summed E-state index contributed by atoms with van der Waals surface area (Å²) in [4.78, 5) is 11.7. The van der Waals surface area contributed by atoms with Crippen LogP contribution >= 0.6 is 0 Å². The number of nitrogen functional groups attached to an aromatic ring is 2. The molecule has 0 spiro atoms. The summed E-state index contributed by atoms with van der Waals surface area (Å²) >= 11 is 0. The van der Waals surface area contributed by atoms with E-state index < -0.39 is 0 Å². The maximum atomic E-state index is 11.7. The first-order valence-electron chi connectivity index (χ1n) is 4.28. The van der Waals surface area contributed by atoms with Crippen molar-refractivity contribution in [3.05, 3.63) is 40.3 Å². The van der Waals surface area contributed by atoms with E-state index in [1.165, 1.54) is 0 Å². The quantitative estimate of drug-likeness (QED) is 0.596. The molecule has 0 aliphatic rings. The van der Waals surface area contributed by atoms with Crippen LogP contribution in [0.3, 0.4) is 0 Å². The summed E-state index contributed by atoms with van der Waals surface area (Å²) in [5.74, 6) is 5.57. The Balaban J connectivity index is 3.10. The van der Waals surface area contributed by atoms with E-state index in [9.17, 15) is 4.79 Å². The molecule has 0 unspecified atom stereocenters. The zero-order valence-corrected chi connectivity index (χ0v) is 7.82. The molecule has 1 aromatic heterocycles. The van der Waals surface area contributed by atoms with E-state index in [0.29, 0.717) is 16.8 Å². The molecular weight excluding hydrogens is 178 g/mol. The Morgan fingerprint density at radius 2 is 1.79 bits per heavy atom. The van der Waals surface area contributed by atoms with Crippen molar-refractivity contribution >= 4 is 16.5 Å². The highest BCUT2D eigenvalue weighted by Gasteiger charge is 2.08. The maximum Gasteiger partial charge on any atom is 0.276 e. The number of fused-ring (bicyclic) bond motifs is 1. The number of nitrogens with two attached hydrogens (primary N) is 2. The molecule has 4 nitrogen and oxygen atoms in total. The summed E-state index contributed by atoms with van der Waals surface area (Å²) in [6.45, 7) is 1.73. The normalized spacial score (nSPS) is 10.6. The number of pyridine rings is 1. The number of benzene rings is 1. The Morgan fingerprint density at radius 1 is 1.21 bits per heavy atom. The first-order chi connectivity index (χ1) is 6.63. The monoisotopic (exact) mass is 189 g/mol. The SMILES string of the molecule is Cc1c(N)c2ccccc2c(=O)n1N. The molecule has 1 aromatic carbocycles. The summed E-state index contributed by atoms with van der Waals surface area (Å²) < 4.78 is 1.08. The van der Waals surface area contributed by atoms with Gasteiger partial charge in [0.15, 0.2) is 0 Å².